The van der Waals surface area contributed by atoms with Crippen LogP contribution in [0.15, 0.2) is 96.5 Å². The van der Waals surface area contributed by atoms with E-state index in [4.69, 9.17) is 0 Å². The van der Waals surface area contributed by atoms with Crippen LogP contribution in [-0.4, -0.2) is 0 Å². The number of benzene rings is 1. The molecule has 0 aliphatic heterocycles. The van der Waals surface area contributed by atoms with Gasteiger partial charge < -0.3 is 0 Å². The van der Waals surface area contributed by atoms with E-state index in [1.54, 1.807) is 5.41 Å². The standard InChI is InChI=1S/C18H18S/c19-17-13-8-6-4-2-1-3-5-7-10-14-18-15-11-9-12-16-18/h1-17,19H/b3-1+,4-2-,7-5-,8-6-,14-10-,17-13+. The molecule has 19 heavy (non-hydrogen) atoms. The largest absolute Gasteiger partial charge is 0.151 e. The predicted octanol–water partition coefficient (Wildman–Crippen LogP) is 5.37. The van der Waals surface area contributed by atoms with Crippen molar-refractivity contribution < 1.29 is 0 Å². The molecule has 1 heteroatoms. The Balaban J connectivity index is 2.28. The van der Waals surface area contributed by atoms with Gasteiger partial charge in [-0.15, -0.1) is 0 Å². The van der Waals surface area contributed by atoms with Gasteiger partial charge in [0.2, 0.25) is 0 Å². The molecule has 0 nitrogen and oxygen atoms in total. The number of hydrogen-bond donors (Lipinski definition) is 1. The molecule has 0 aromatic heterocycles. The van der Waals surface area contributed by atoms with Gasteiger partial charge in [-0.3, -0.25) is 0 Å². The van der Waals surface area contributed by atoms with Crippen LogP contribution in [0.5, 0.6) is 0 Å². The first-order chi connectivity index (χ1) is 9.43. The second-order valence-electron chi connectivity index (χ2n) is 3.65. The van der Waals surface area contributed by atoms with E-state index in [2.05, 4.69) is 30.8 Å². The molecule has 0 aliphatic rings. The van der Waals surface area contributed by atoms with E-state index in [1.807, 2.05) is 79.0 Å². The third-order valence-electron chi connectivity index (χ3n) is 2.17. The fraction of sp³-hybridized carbons (Fsp3) is 0. The zero-order chi connectivity index (χ0) is 13.6. The number of rotatable bonds is 6. The normalized spacial score (nSPS) is 13.3. The van der Waals surface area contributed by atoms with Crippen molar-refractivity contribution in [2.75, 3.05) is 0 Å². The second-order valence-corrected chi connectivity index (χ2v) is 3.95. The van der Waals surface area contributed by atoms with Crippen LogP contribution in [0.1, 0.15) is 5.56 Å². The van der Waals surface area contributed by atoms with Gasteiger partial charge in [0.05, 0.1) is 0 Å². The van der Waals surface area contributed by atoms with Gasteiger partial charge in [0.15, 0.2) is 0 Å². The molecule has 1 rings (SSSR count). The van der Waals surface area contributed by atoms with E-state index < -0.39 is 0 Å². The van der Waals surface area contributed by atoms with Crippen molar-refractivity contribution in [1.29, 1.82) is 0 Å². The van der Waals surface area contributed by atoms with Gasteiger partial charge in [0.25, 0.3) is 0 Å². The van der Waals surface area contributed by atoms with Crippen LogP contribution < -0.4 is 0 Å². The van der Waals surface area contributed by atoms with Crippen LogP contribution in [0.4, 0.5) is 0 Å². The average Bonchev–Trinajstić information content (AvgIpc) is 2.46. The molecule has 0 bridgehead atoms. The summed E-state index contributed by atoms with van der Waals surface area (Å²) in [6, 6.07) is 10.2. The summed E-state index contributed by atoms with van der Waals surface area (Å²) in [7, 11) is 0. The Labute approximate surface area is 121 Å². The third kappa shape index (κ3) is 8.70. The molecule has 96 valence electrons. The summed E-state index contributed by atoms with van der Waals surface area (Å²) in [6.07, 6.45) is 21.8. The molecule has 0 fully saturated rings. The Bertz CT molecular complexity index is 500. The lowest BCUT2D eigenvalue weighted by Gasteiger charge is -1.87. The van der Waals surface area contributed by atoms with Crippen LogP contribution >= 0.6 is 12.6 Å². The van der Waals surface area contributed by atoms with E-state index in [-0.39, 0.29) is 0 Å². The van der Waals surface area contributed by atoms with Crippen molar-refractivity contribution in [3.63, 3.8) is 0 Å². The lowest BCUT2D eigenvalue weighted by Crippen LogP contribution is -1.66. The summed E-state index contributed by atoms with van der Waals surface area (Å²) in [6.45, 7) is 0. The number of thiol groups is 1. The van der Waals surface area contributed by atoms with Crippen molar-refractivity contribution in [1.82, 2.24) is 0 Å². The molecule has 0 saturated heterocycles. The van der Waals surface area contributed by atoms with Crippen molar-refractivity contribution in [3.8, 4) is 0 Å². The fourth-order valence-corrected chi connectivity index (χ4v) is 1.39. The molecule has 0 N–H and O–H groups in total. The summed E-state index contributed by atoms with van der Waals surface area (Å²) in [5.74, 6) is 0. The highest BCUT2D eigenvalue weighted by Gasteiger charge is 1.78. The maximum Gasteiger partial charge on any atom is -0.0257 e. The van der Waals surface area contributed by atoms with Crippen molar-refractivity contribution >= 4 is 18.7 Å². The Kier molecular flexibility index (Phi) is 8.82. The molecule has 0 saturated carbocycles. The topological polar surface area (TPSA) is 0 Å². The van der Waals surface area contributed by atoms with Crippen LogP contribution in [-0.2, 0) is 0 Å². The average molecular weight is 266 g/mol. The van der Waals surface area contributed by atoms with Crippen LogP contribution in [0.3, 0.4) is 0 Å². The Morgan fingerprint density at radius 1 is 0.579 bits per heavy atom. The summed E-state index contributed by atoms with van der Waals surface area (Å²) in [4.78, 5) is 0. The van der Waals surface area contributed by atoms with E-state index in [0.29, 0.717) is 0 Å². The second kappa shape index (κ2) is 11.1. The monoisotopic (exact) mass is 266 g/mol. The molecule has 0 amide bonds. The van der Waals surface area contributed by atoms with Crippen LogP contribution in [0.2, 0.25) is 0 Å². The van der Waals surface area contributed by atoms with Gasteiger partial charge in [0.1, 0.15) is 0 Å². The highest BCUT2D eigenvalue weighted by molar-refractivity contribution is 7.83. The molecule has 0 spiro atoms. The van der Waals surface area contributed by atoms with Gasteiger partial charge in [0, 0.05) is 0 Å². The maximum atomic E-state index is 3.95. The molecule has 0 aliphatic carbocycles. The molecular weight excluding hydrogens is 248 g/mol. The van der Waals surface area contributed by atoms with Gasteiger partial charge in [-0.1, -0.05) is 97.2 Å². The van der Waals surface area contributed by atoms with E-state index in [0.717, 1.165) is 0 Å². The predicted molar refractivity (Wildman–Crippen MR) is 90.2 cm³/mol. The SMILES string of the molecule is S/C=C/C=C\C=C/C=C/C=C\C=C/c1ccccc1. The molecule has 0 heterocycles. The molecule has 0 unspecified atom stereocenters. The van der Waals surface area contributed by atoms with Gasteiger partial charge in [-0.2, -0.15) is 12.6 Å². The first kappa shape index (κ1) is 15.1. The van der Waals surface area contributed by atoms with Crippen molar-refractivity contribution in [2.24, 2.45) is 0 Å². The molecular formula is C18H18S. The minimum absolute atomic E-state index is 1.21. The highest BCUT2D eigenvalue weighted by Crippen LogP contribution is 2.00. The quantitative estimate of drug-likeness (QED) is 0.519. The maximum absolute atomic E-state index is 3.95. The molecule has 1 aromatic rings. The summed E-state index contributed by atoms with van der Waals surface area (Å²) in [5.41, 5.74) is 1.21. The summed E-state index contributed by atoms with van der Waals surface area (Å²) < 4.78 is 0. The van der Waals surface area contributed by atoms with Gasteiger partial charge in [-0.05, 0) is 11.0 Å². The zero-order valence-electron chi connectivity index (χ0n) is 10.8. The van der Waals surface area contributed by atoms with Gasteiger partial charge in [-0.25, -0.2) is 0 Å². The minimum Gasteiger partial charge on any atom is -0.151 e. The molecule has 1 aromatic carbocycles. The number of allylic oxidation sites excluding steroid dienone is 10. The smallest absolute Gasteiger partial charge is 0.0257 e. The zero-order valence-corrected chi connectivity index (χ0v) is 11.7. The first-order valence-electron chi connectivity index (χ1n) is 6.12. The molecule has 0 atom stereocenters. The first-order valence-corrected chi connectivity index (χ1v) is 6.64. The van der Waals surface area contributed by atoms with E-state index >= 15 is 0 Å². The summed E-state index contributed by atoms with van der Waals surface area (Å²) in [5, 5.41) is 1.70. The lowest BCUT2D eigenvalue weighted by molar-refractivity contribution is 1.66. The van der Waals surface area contributed by atoms with Crippen molar-refractivity contribution in [2.45, 2.75) is 0 Å². The van der Waals surface area contributed by atoms with Crippen LogP contribution in [0, 0.1) is 0 Å². The Hall–Kier alpha value is -1.99. The summed E-state index contributed by atoms with van der Waals surface area (Å²) >= 11 is 3.95. The van der Waals surface area contributed by atoms with Crippen LogP contribution in [0.25, 0.3) is 6.08 Å². The lowest BCUT2D eigenvalue weighted by atomic mass is 10.2. The third-order valence-corrected chi connectivity index (χ3v) is 2.35. The highest BCUT2D eigenvalue weighted by atomic mass is 32.1. The Morgan fingerprint density at radius 3 is 1.58 bits per heavy atom. The van der Waals surface area contributed by atoms with Crippen molar-refractivity contribution in [3.05, 3.63) is 102 Å². The van der Waals surface area contributed by atoms with Gasteiger partial charge >= 0.3 is 0 Å². The van der Waals surface area contributed by atoms with E-state index in [9.17, 15) is 0 Å². The minimum atomic E-state index is 1.21. The Morgan fingerprint density at radius 2 is 1.05 bits per heavy atom. The fourth-order valence-electron chi connectivity index (χ4n) is 1.29. The molecule has 0 radical (unpaired) electrons. The van der Waals surface area contributed by atoms with E-state index in [1.165, 1.54) is 5.56 Å². The number of hydrogen-bond acceptors (Lipinski definition) is 1.